The van der Waals surface area contributed by atoms with Gasteiger partial charge < -0.3 is 5.11 Å². The summed E-state index contributed by atoms with van der Waals surface area (Å²) in [5.41, 5.74) is 1.37. The van der Waals surface area contributed by atoms with Crippen LogP contribution in [0.1, 0.15) is 45.3 Å². The maximum absolute atomic E-state index is 10.3. The number of aliphatic hydroxyl groups is 1. The fourth-order valence-corrected chi connectivity index (χ4v) is 2.97. The maximum atomic E-state index is 10.3. The molecule has 2 rings (SSSR count). The Morgan fingerprint density at radius 3 is 2.71 bits per heavy atom. The fourth-order valence-electron chi connectivity index (χ4n) is 2.00. The first-order chi connectivity index (χ1) is 7.97. The number of aliphatic hydroxyl groups excluding tert-OH is 1. The van der Waals surface area contributed by atoms with Crippen molar-refractivity contribution in [1.29, 1.82) is 0 Å². The first kappa shape index (κ1) is 12.6. The third kappa shape index (κ3) is 3.08. The molecule has 0 spiro atoms. The van der Waals surface area contributed by atoms with Crippen LogP contribution in [0.25, 0.3) is 10.1 Å². The van der Waals surface area contributed by atoms with E-state index in [1.165, 1.54) is 10.1 Å². The van der Waals surface area contributed by atoms with Gasteiger partial charge in [-0.1, -0.05) is 39.0 Å². The lowest BCUT2D eigenvalue weighted by molar-refractivity contribution is 0.149. The van der Waals surface area contributed by atoms with E-state index in [1.807, 2.05) is 12.1 Å². The van der Waals surface area contributed by atoms with E-state index in [4.69, 9.17) is 0 Å². The van der Waals surface area contributed by atoms with Gasteiger partial charge in [-0.05, 0) is 40.7 Å². The molecule has 17 heavy (non-hydrogen) atoms. The van der Waals surface area contributed by atoms with Crippen molar-refractivity contribution in [1.82, 2.24) is 0 Å². The Labute approximate surface area is 107 Å². The largest absolute Gasteiger partial charge is 0.388 e. The van der Waals surface area contributed by atoms with Crippen LogP contribution in [0, 0.1) is 5.41 Å². The van der Waals surface area contributed by atoms with Crippen molar-refractivity contribution in [3.8, 4) is 0 Å². The van der Waals surface area contributed by atoms with Crippen molar-refractivity contribution < 1.29 is 5.11 Å². The summed E-state index contributed by atoms with van der Waals surface area (Å²) in [5.74, 6) is 0. The van der Waals surface area contributed by atoms with E-state index in [1.54, 1.807) is 11.3 Å². The van der Waals surface area contributed by atoms with Crippen molar-refractivity contribution in [2.24, 2.45) is 5.41 Å². The summed E-state index contributed by atoms with van der Waals surface area (Å²) in [5, 5.41) is 13.6. The zero-order valence-corrected chi connectivity index (χ0v) is 11.6. The lowest BCUT2D eigenvalue weighted by Gasteiger charge is -2.20. The molecule has 1 aromatic heterocycles. The summed E-state index contributed by atoms with van der Waals surface area (Å²) in [4.78, 5) is 0. The van der Waals surface area contributed by atoms with Gasteiger partial charge in [0.05, 0.1) is 6.10 Å². The van der Waals surface area contributed by atoms with E-state index in [0.29, 0.717) is 0 Å². The molecular weight excluding hydrogens is 228 g/mol. The number of benzene rings is 1. The van der Waals surface area contributed by atoms with Crippen molar-refractivity contribution in [2.75, 3.05) is 0 Å². The summed E-state index contributed by atoms with van der Waals surface area (Å²) in [6.07, 6.45) is 1.53. The Morgan fingerprint density at radius 1 is 1.24 bits per heavy atom. The average molecular weight is 248 g/mol. The molecule has 0 aliphatic carbocycles. The van der Waals surface area contributed by atoms with Crippen LogP contribution in [0.4, 0.5) is 0 Å². The second-order valence-corrected chi connectivity index (χ2v) is 6.72. The molecule has 0 amide bonds. The fraction of sp³-hybridized carbons (Fsp3) is 0.467. The van der Waals surface area contributed by atoms with Gasteiger partial charge >= 0.3 is 0 Å². The average Bonchev–Trinajstić information content (AvgIpc) is 2.72. The minimum absolute atomic E-state index is 0.282. The van der Waals surface area contributed by atoms with E-state index >= 15 is 0 Å². The highest BCUT2D eigenvalue weighted by Gasteiger charge is 2.16. The lowest BCUT2D eigenvalue weighted by atomic mass is 9.88. The van der Waals surface area contributed by atoms with Gasteiger partial charge in [0.15, 0.2) is 0 Å². The molecular formula is C15H20OS. The van der Waals surface area contributed by atoms with E-state index in [-0.39, 0.29) is 11.5 Å². The van der Waals surface area contributed by atoms with Crippen LogP contribution >= 0.6 is 11.3 Å². The van der Waals surface area contributed by atoms with Gasteiger partial charge in [-0.2, -0.15) is 0 Å². The molecule has 92 valence electrons. The number of hydrogen-bond donors (Lipinski definition) is 1. The van der Waals surface area contributed by atoms with E-state index in [2.05, 4.69) is 38.3 Å². The molecule has 0 aliphatic rings. The Hall–Kier alpha value is -0.860. The topological polar surface area (TPSA) is 20.2 Å². The molecule has 1 unspecified atom stereocenters. The molecule has 0 bridgehead atoms. The molecule has 0 saturated heterocycles. The number of fused-ring (bicyclic) bond motifs is 1. The molecule has 0 fully saturated rings. The van der Waals surface area contributed by atoms with Crippen LogP contribution in [-0.4, -0.2) is 5.11 Å². The monoisotopic (exact) mass is 248 g/mol. The smallest absolute Gasteiger partial charge is 0.0804 e. The normalized spacial score (nSPS) is 14.1. The van der Waals surface area contributed by atoms with E-state index in [0.717, 1.165) is 18.4 Å². The highest BCUT2D eigenvalue weighted by atomic mass is 32.1. The molecule has 1 nitrogen and oxygen atoms in total. The molecule has 0 radical (unpaired) electrons. The van der Waals surface area contributed by atoms with Gasteiger partial charge in [0, 0.05) is 4.70 Å². The molecule has 1 atom stereocenters. The van der Waals surface area contributed by atoms with Crippen LogP contribution in [0.15, 0.2) is 29.6 Å². The first-order valence-electron chi connectivity index (χ1n) is 6.11. The van der Waals surface area contributed by atoms with Crippen LogP contribution in [-0.2, 0) is 0 Å². The van der Waals surface area contributed by atoms with Gasteiger partial charge in [-0.15, -0.1) is 11.3 Å². The minimum Gasteiger partial charge on any atom is -0.388 e. The predicted octanol–water partition coefficient (Wildman–Crippen LogP) is 4.76. The van der Waals surface area contributed by atoms with Gasteiger partial charge in [0.2, 0.25) is 0 Å². The van der Waals surface area contributed by atoms with E-state index in [9.17, 15) is 5.11 Å². The summed E-state index contributed by atoms with van der Waals surface area (Å²) in [6, 6.07) is 8.29. The molecule has 2 aromatic rings. The number of rotatable bonds is 3. The quantitative estimate of drug-likeness (QED) is 0.830. The standard InChI is InChI=1S/C15H20OS/c1-15(2,3)9-7-13(16)12-6-4-5-11-8-10-17-14(11)12/h4-6,8,10,13,16H,7,9H2,1-3H3. The molecule has 2 heteroatoms. The summed E-state index contributed by atoms with van der Waals surface area (Å²) in [7, 11) is 0. The molecule has 1 aromatic carbocycles. The van der Waals surface area contributed by atoms with Gasteiger partial charge in [-0.25, -0.2) is 0 Å². The summed E-state index contributed by atoms with van der Waals surface area (Å²) >= 11 is 1.72. The van der Waals surface area contributed by atoms with Crippen LogP contribution in [0.5, 0.6) is 0 Å². The molecule has 0 saturated carbocycles. The van der Waals surface area contributed by atoms with Crippen LogP contribution in [0.2, 0.25) is 0 Å². The SMILES string of the molecule is CC(C)(C)CCC(O)c1cccc2ccsc12. The van der Waals surface area contributed by atoms with Crippen molar-refractivity contribution in [3.05, 3.63) is 35.2 Å². The van der Waals surface area contributed by atoms with Crippen molar-refractivity contribution in [3.63, 3.8) is 0 Å². The van der Waals surface area contributed by atoms with Gasteiger partial charge in [0.1, 0.15) is 0 Å². The Morgan fingerprint density at radius 2 is 2.00 bits per heavy atom. The van der Waals surface area contributed by atoms with Gasteiger partial charge in [-0.3, -0.25) is 0 Å². The Bertz CT molecular complexity index is 493. The third-order valence-corrected chi connectivity index (χ3v) is 4.02. The second kappa shape index (κ2) is 4.79. The second-order valence-electron chi connectivity index (χ2n) is 5.80. The predicted molar refractivity (Wildman–Crippen MR) is 75.5 cm³/mol. The molecule has 1 heterocycles. The summed E-state index contributed by atoms with van der Waals surface area (Å²) < 4.78 is 1.23. The number of hydrogen-bond acceptors (Lipinski definition) is 2. The lowest BCUT2D eigenvalue weighted by Crippen LogP contribution is -2.08. The zero-order chi connectivity index (χ0) is 12.5. The van der Waals surface area contributed by atoms with E-state index < -0.39 is 0 Å². The first-order valence-corrected chi connectivity index (χ1v) is 6.99. The molecule has 0 aliphatic heterocycles. The zero-order valence-electron chi connectivity index (χ0n) is 10.7. The van der Waals surface area contributed by atoms with Gasteiger partial charge in [0.25, 0.3) is 0 Å². The third-order valence-electron chi connectivity index (χ3n) is 3.04. The van der Waals surface area contributed by atoms with Crippen molar-refractivity contribution >= 4 is 21.4 Å². The van der Waals surface area contributed by atoms with Crippen LogP contribution < -0.4 is 0 Å². The molecule has 1 N–H and O–H groups in total. The minimum atomic E-state index is -0.337. The number of thiophene rings is 1. The van der Waals surface area contributed by atoms with Crippen LogP contribution in [0.3, 0.4) is 0 Å². The van der Waals surface area contributed by atoms with Crippen molar-refractivity contribution in [2.45, 2.75) is 39.7 Å². The highest BCUT2D eigenvalue weighted by molar-refractivity contribution is 7.17. The Kier molecular flexibility index (Phi) is 3.55. The highest BCUT2D eigenvalue weighted by Crippen LogP contribution is 2.33. The Balaban J connectivity index is 2.19. The maximum Gasteiger partial charge on any atom is 0.0804 e. The summed E-state index contributed by atoms with van der Waals surface area (Å²) in [6.45, 7) is 6.64.